The van der Waals surface area contributed by atoms with E-state index in [2.05, 4.69) is 26.1 Å². The Morgan fingerprint density at radius 3 is 2.24 bits per heavy atom. The number of rotatable bonds is 7. The Balaban J connectivity index is 1.72. The van der Waals surface area contributed by atoms with Gasteiger partial charge < -0.3 is 5.32 Å². The lowest BCUT2D eigenvalue weighted by atomic mass is 9.95. The van der Waals surface area contributed by atoms with Crippen molar-refractivity contribution in [3.8, 4) is 0 Å². The number of benzene rings is 1. The van der Waals surface area contributed by atoms with Crippen molar-refractivity contribution in [1.29, 1.82) is 0 Å². The molecule has 0 radical (unpaired) electrons. The first-order valence-electron chi connectivity index (χ1n) is 9.02. The van der Waals surface area contributed by atoms with Crippen molar-refractivity contribution in [2.24, 2.45) is 0 Å². The van der Waals surface area contributed by atoms with Gasteiger partial charge in [-0.05, 0) is 25.0 Å². The highest BCUT2D eigenvalue weighted by molar-refractivity contribution is 5.95. The smallest absolute Gasteiger partial charge is 0.354 e. The molecule has 3 rings (SSSR count). The van der Waals surface area contributed by atoms with Gasteiger partial charge >= 0.3 is 5.69 Å². The highest BCUT2D eigenvalue weighted by Crippen LogP contribution is 2.31. The topological polar surface area (TPSA) is 165 Å². The molecule has 1 aromatic heterocycles. The van der Waals surface area contributed by atoms with Crippen LogP contribution in [0, 0.1) is 20.2 Å². The van der Waals surface area contributed by atoms with Gasteiger partial charge in [0.25, 0.3) is 11.6 Å². The van der Waals surface area contributed by atoms with Gasteiger partial charge in [-0.25, -0.2) is 9.97 Å². The van der Waals surface area contributed by atoms with Crippen LogP contribution in [0.5, 0.6) is 0 Å². The van der Waals surface area contributed by atoms with Gasteiger partial charge in [-0.1, -0.05) is 19.3 Å². The van der Waals surface area contributed by atoms with E-state index >= 15 is 0 Å². The fourth-order valence-corrected chi connectivity index (χ4v) is 3.11. The van der Waals surface area contributed by atoms with Gasteiger partial charge in [0.05, 0.1) is 9.85 Å². The lowest BCUT2D eigenvalue weighted by molar-refractivity contribution is -0.384. The van der Waals surface area contributed by atoms with Crippen molar-refractivity contribution < 1.29 is 14.6 Å². The summed E-state index contributed by atoms with van der Waals surface area (Å²) in [6.45, 7) is 0. The van der Waals surface area contributed by atoms with Crippen molar-refractivity contribution in [2.45, 2.75) is 38.1 Å². The van der Waals surface area contributed by atoms with Crippen molar-refractivity contribution >= 4 is 28.9 Å². The van der Waals surface area contributed by atoms with E-state index in [1.54, 1.807) is 0 Å². The van der Waals surface area contributed by atoms with Gasteiger partial charge in [-0.2, -0.15) is 0 Å². The minimum atomic E-state index is -0.630. The number of nitro groups is 2. The number of hydrogen-bond donors (Lipinski definition) is 3. The van der Waals surface area contributed by atoms with Crippen LogP contribution >= 0.6 is 0 Å². The van der Waals surface area contributed by atoms with Gasteiger partial charge in [0.1, 0.15) is 6.33 Å². The predicted octanol–water partition coefficient (Wildman–Crippen LogP) is 2.79. The zero-order valence-corrected chi connectivity index (χ0v) is 15.3. The van der Waals surface area contributed by atoms with Crippen LogP contribution in [0.1, 0.15) is 42.5 Å². The third-order valence-corrected chi connectivity index (χ3v) is 4.59. The first-order chi connectivity index (χ1) is 14.0. The molecule has 0 atom stereocenters. The molecule has 0 bridgehead atoms. The van der Waals surface area contributed by atoms with Crippen LogP contribution in [-0.4, -0.2) is 31.8 Å². The Morgan fingerprint density at radius 1 is 0.966 bits per heavy atom. The minimum Gasteiger partial charge on any atom is -0.361 e. The third-order valence-electron chi connectivity index (χ3n) is 4.59. The monoisotopic (exact) mass is 401 g/mol. The largest absolute Gasteiger partial charge is 0.361 e. The van der Waals surface area contributed by atoms with Gasteiger partial charge in [0, 0.05) is 23.7 Å². The van der Waals surface area contributed by atoms with Crippen molar-refractivity contribution in [2.75, 3.05) is 10.7 Å². The van der Waals surface area contributed by atoms with E-state index in [0.29, 0.717) is 0 Å². The van der Waals surface area contributed by atoms with Gasteiger partial charge in [0.2, 0.25) is 11.6 Å². The van der Waals surface area contributed by atoms with E-state index in [1.165, 1.54) is 30.6 Å². The molecule has 0 aliphatic heterocycles. The second-order valence-corrected chi connectivity index (χ2v) is 6.54. The van der Waals surface area contributed by atoms with Gasteiger partial charge in [0.15, 0.2) is 0 Å². The molecule has 152 valence electrons. The summed E-state index contributed by atoms with van der Waals surface area (Å²) >= 11 is 0. The second-order valence-electron chi connectivity index (χ2n) is 6.54. The van der Waals surface area contributed by atoms with E-state index in [4.69, 9.17) is 0 Å². The second kappa shape index (κ2) is 8.91. The summed E-state index contributed by atoms with van der Waals surface area (Å²) in [5.74, 6) is -0.711. The lowest BCUT2D eigenvalue weighted by Crippen LogP contribution is -2.30. The highest BCUT2D eigenvalue weighted by atomic mass is 16.6. The molecule has 1 aliphatic rings. The molecule has 0 unspecified atom stereocenters. The molecule has 1 aliphatic carbocycles. The van der Waals surface area contributed by atoms with Crippen molar-refractivity contribution in [3.63, 3.8) is 0 Å². The maximum absolute atomic E-state index is 12.2. The van der Waals surface area contributed by atoms with Crippen molar-refractivity contribution in [1.82, 2.24) is 15.4 Å². The standard InChI is InChI=1S/C17H19N7O5/c25-17(11-6-8-13(9-7-11)23(26)27)22-21-16-14(24(28)29)15(18-10-19-16)20-12-4-2-1-3-5-12/h6-10,12H,1-5H2,(H,22,25)(H2,18,19,20,21). The van der Waals surface area contributed by atoms with E-state index in [9.17, 15) is 25.0 Å². The van der Waals surface area contributed by atoms with E-state index < -0.39 is 15.8 Å². The number of hydrogen-bond acceptors (Lipinski definition) is 9. The normalized spacial score (nSPS) is 14.1. The molecule has 3 N–H and O–H groups in total. The maximum Gasteiger partial charge on any atom is 0.354 e. The van der Waals surface area contributed by atoms with Crippen LogP contribution in [-0.2, 0) is 0 Å². The molecule has 1 aromatic carbocycles. The summed E-state index contributed by atoms with van der Waals surface area (Å²) in [6, 6.07) is 5.03. The minimum absolute atomic E-state index is 0.0870. The number of aromatic nitrogens is 2. The fraction of sp³-hybridized carbons (Fsp3) is 0.353. The van der Waals surface area contributed by atoms with Crippen molar-refractivity contribution in [3.05, 3.63) is 56.4 Å². The number of nitrogens with one attached hydrogen (secondary N) is 3. The van der Waals surface area contributed by atoms with Crippen LogP contribution in [0.2, 0.25) is 0 Å². The molecule has 0 spiro atoms. The Morgan fingerprint density at radius 2 is 1.62 bits per heavy atom. The summed E-state index contributed by atoms with van der Waals surface area (Å²) in [5.41, 5.74) is 4.36. The summed E-state index contributed by atoms with van der Waals surface area (Å²) in [4.78, 5) is 41.1. The number of amides is 1. The van der Waals surface area contributed by atoms with E-state index in [-0.39, 0.29) is 34.6 Å². The molecule has 1 saturated carbocycles. The predicted molar refractivity (Wildman–Crippen MR) is 103 cm³/mol. The van der Waals surface area contributed by atoms with Crippen LogP contribution in [0.15, 0.2) is 30.6 Å². The molecule has 1 fully saturated rings. The van der Waals surface area contributed by atoms with Crippen LogP contribution in [0.4, 0.5) is 23.0 Å². The summed E-state index contributed by atoms with van der Waals surface area (Å²) in [7, 11) is 0. The molecule has 12 nitrogen and oxygen atoms in total. The first kappa shape index (κ1) is 19.9. The molecule has 12 heteroatoms. The van der Waals surface area contributed by atoms with Gasteiger partial charge in [-0.3, -0.25) is 35.9 Å². The van der Waals surface area contributed by atoms with Crippen LogP contribution in [0.25, 0.3) is 0 Å². The molecule has 2 aromatic rings. The number of anilines is 2. The molecular weight excluding hydrogens is 382 g/mol. The highest BCUT2D eigenvalue weighted by Gasteiger charge is 2.26. The number of nitrogens with zero attached hydrogens (tertiary/aromatic N) is 4. The summed E-state index contributed by atoms with van der Waals surface area (Å²) < 4.78 is 0. The summed E-state index contributed by atoms with van der Waals surface area (Å²) in [6.07, 6.45) is 6.21. The van der Waals surface area contributed by atoms with Gasteiger partial charge in [-0.15, -0.1) is 0 Å². The summed E-state index contributed by atoms with van der Waals surface area (Å²) in [5, 5.41) is 25.3. The maximum atomic E-state index is 12.2. The van der Waals surface area contributed by atoms with Crippen LogP contribution < -0.4 is 16.2 Å². The number of carbonyl (C=O) groups excluding carboxylic acids is 1. The van der Waals surface area contributed by atoms with E-state index in [1.807, 2.05) is 0 Å². The number of non-ortho nitro benzene ring substituents is 1. The molecule has 1 amide bonds. The number of hydrazine groups is 1. The third kappa shape index (κ3) is 4.91. The first-order valence-corrected chi connectivity index (χ1v) is 9.02. The lowest BCUT2D eigenvalue weighted by Gasteiger charge is -2.23. The quantitative estimate of drug-likeness (QED) is 0.467. The average Bonchev–Trinajstić information content (AvgIpc) is 2.72. The SMILES string of the molecule is O=C(NNc1ncnc(NC2CCCCC2)c1[N+](=O)[O-])c1ccc([N+](=O)[O-])cc1. The Hall–Kier alpha value is -3.83. The number of carbonyl (C=O) groups is 1. The Labute approximate surface area is 165 Å². The van der Waals surface area contributed by atoms with E-state index in [0.717, 1.165) is 32.1 Å². The Bertz CT molecular complexity index is 913. The fourth-order valence-electron chi connectivity index (χ4n) is 3.11. The zero-order chi connectivity index (χ0) is 20.8. The Kier molecular flexibility index (Phi) is 6.12. The zero-order valence-electron chi connectivity index (χ0n) is 15.3. The average molecular weight is 401 g/mol. The number of nitro benzene ring substituents is 1. The molecule has 1 heterocycles. The van der Waals surface area contributed by atoms with Crippen LogP contribution in [0.3, 0.4) is 0 Å². The molecule has 0 saturated heterocycles. The molecular formula is C17H19N7O5. The molecule has 29 heavy (non-hydrogen) atoms.